The van der Waals surface area contributed by atoms with Crippen molar-refractivity contribution in [3.63, 3.8) is 0 Å². The number of hydrogen-bond acceptors (Lipinski definition) is 6. The lowest BCUT2D eigenvalue weighted by molar-refractivity contribution is 0.0773. The minimum Gasteiger partial charge on any atom is -0.497 e. The van der Waals surface area contributed by atoms with Gasteiger partial charge in [-0.15, -0.1) is 0 Å². The van der Waals surface area contributed by atoms with Gasteiger partial charge in [-0.3, -0.25) is 9.69 Å². The molecule has 1 aliphatic rings. The van der Waals surface area contributed by atoms with Gasteiger partial charge >= 0.3 is 0 Å². The number of carbonyl (C=O) groups excluding carboxylic acids is 1. The Hall–Kier alpha value is -4.30. The molecule has 1 amide bonds. The van der Waals surface area contributed by atoms with Gasteiger partial charge in [0, 0.05) is 37.4 Å². The third-order valence-electron chi connectivity index (χ3n) is 7.85. The molecule has 0 saturated heterocycles. The van der Waals surface area contributed by atoms with E-state index in [0.717, 1.165) is 41.2 Å². The van der Waals surface area contributed by atoms with E-state index in [1.54, 1.807) is 20.5 Å². The van der Waals surface area contributed by atoms with Crippen LogP contribution in [0.15, 0.2) is 67.0 Å². The number of methoxy groups -OCH3 is 2. The van der Waals surface area contributed by atoms with E-state index in [1.165, 1.54) is 5.56 Å². The highest BCUT2D eigenvalue weighted by molar-refractivity contribution is 5.94. The molecule has 4 aromatic rings. The SMILES string of the molecule is CCN(CC)C(=O)c1ccc(C2c3cc(Oc4ccc(OC)cc4)c(OC)cc3CCN2Cc2nc[nH]c2C)cc1. The number of amides is 1. The van der Waals surface area contributed by atoms with Crippen LogP contribution in [0.3, 0.4) is 0 Å². The smallest absolute Gasteiger partial charge is 0.253 e. The van der Waals surface area contributed by atoms with E-state index in [2.05, 4.69) is 46.1 Å². The largest absolute Gasteiger partial charge is 0.497 e. The van der Waals surface area contributed by atoms with Gasteiger partial charge in [0.2, 0.25) is 0 Å². The molecule has 3 aromatic carbocycles. The van der Waals surface area contributed by atoms with E-state index in [1.807, 2.05) is 55.1 Å². The number of benzene rings is 3. The predicted molar refractivity (Wildman–Crippen MR) is 159 cm³/mol. The van der Waals surface area contributed by atoms with Crippen molar-refractivity contribution in [2.24, 2.45) is 0 Å². The zero-order chi connectivity index (χ0) is 28.9. The first-order valence-electron chi connectivity index (χ1n) is 14.1. The van der Waals surface area contributed by atoms with Gasteiger partial charge in [-0.05, 0) is 92.4 Å². The van der Waals surface area contributed by atoms with Gasteiger partial charge in [-0.2, -0.15) is 0 Å². The van der Waals surface area contributed by atoms with Gasteiger partial charge in [0.1, 0.15) is 11.5 Å². The van der Waals surface area contributed by atoms with Gasteiger partial charge in [-0.25, -0.2) is 4.98 Å². The molecule has 0 fully saturated rings. The summed E-state index contributed by atoms with van der Waals surface area (Å²) in [5, 5.41) is 0. The molecule has 0 spiro atoms. The highest BCUT2D eigenvalue weighted by atomic mass is 16.5. The summed E-state index contributed by atoms with van der Waals surface area (Å²) in [6.45, 7) is 8.97. The molecule has 1 unspecified atom stereocenters. The molecule has 8 heteroatoms. The Labute approximate surface area is 241 Å². The number of nitrogens with zero attached hydrogens (tertiary/aromatic N) is 3. The topological polar surface area (TPSA) is 79.9 Å². The molecule has 0 aliphatic carbocycles. The molecule has 1 atom stereocenters. The van der Waals surface area contributed by atoms with Crippen LogP contribution in [0.5, 0.6) is 23.0 Å². The van der Waals surface area contributed by atoms with Crippen LogP contribution in [0, 0.1) is 6.92 Å². The summed E-state index contributed by atoms with van der Waals surface area (Å²) in [4.78, 5) is 25.1. The summed E-state index contributed by atoms with van der Waals surface area (Å²) >= 11 is 0. The summed E-state index contributed by atoms with van der Waals surface area (Å²) in [6, 6.07) is 19.7. The highest BCUT2D eigenvalue weighted by Gasteiger charge is 2.31. The van der Waals surface area contributed by atoms with E-state index < -0.39 is 0 Å². The number of aromatic amines is 1. The molecule has 1 N–H and O–H groups in total. The molecule has 214 valence electrons. The van der Waals surface area contributed by atoms with Crippen LogP contribution in [-0.4, -0.2) is 59.5 Å². The Morgan fingerprint density at radius 1 is 0.976 bits per heavy atom. The lowest BCUT2D eigenvalue weighted by atomic mass is 9.87. The van der Waals surface area contributed by atoms with E-state index in [0.29, 0.717) is 42.4 Å². The minimum absolute atomic E-state index is 0.0505. The molecule has 0 saturated carbocycles. The maximum atomic E-state index is 13.0. The fourth-order valence-electron chi connectivity index (χ4n) is 5.49. The Morgan fingerprint density at radius 2 is 1.68 bits per heavy atom. The Bertz CT molecular complexity index is 1480. The molecular formula is C33H38N4O4. The molecule has 5 rings (SSSR count). The quantitative estimate of drug-likeness (QED) is 0.253. The average Bonchev–Trinajstić information content (AvgIpc) is 3.41. The fraction of sp³-hybridized carbons (Fsp3) is 0.333. The van der Waals surface area contributed by atoms with Crippen LogP contribution in [0.25, 0.3) is 0 Å². The van der Waals surface area contributed by atoms with Crippen LogP contribution in [0.4, 0.5) is 0 Å². The molecule has 2 heterocycles. The van der Waals surface area contributed by atoms with Crippen molar-refractivity contribution in [2.45, 2.75) is 39.8 Å². The van der Waals surface area contributed by atoms with Crippen LogP contribution < -0.4 is 14.2 Å². The van der Waals surface area contributed by atoms with Gasteiger partial charge < -0.3 is 24.1 Å². The molecule has 0 bridgehead atoms. The van der Waals surface area contributed by atoms with Gasteiger partial charge in [0.15, 0.2) is 11.5 Å². The Kier molecular flexibility index (Phi) is 8.59. The molecule has 8 nitrogen and oxygen atoms in total. The normalized spacial score (nSPS) is 14.8. The van der Waals surface area contributed by atoms with Gasteiger partial charge in [0.25, 0.3) is 5.91 Å². The third-order valence-corrected chi connectivity index (χ3v) is 7.85. The first kappa shape index (κ1) is 28.2. The number of hydrogen-bond donors (Lipinski definition) is 1. The second-order valence-corrected chi connectivity index (χ2v) is 10.2. The van der Waals surface area contributed by atoms with Gasteiger partial charge in [0.05, 0.1) is 32.3 Å². The monoisotopic (exact) mass is 554 g/mol. The summed E-state index contributed by atoms with van der Waals surface area (Å²) in [6.07, 6.45) is 2.61. The summed E-state index contributed by atoms with van der Waals surface area (Å²) in [7, 11) is 3.31. The minimum atomic E-state index is -0.0587. The summed E-state index contributed by atoms with van der Waals surface area (Å²) < 4.78 is 17.4. The van der Waals surface area contributed by atoms with E-state index >= 15 is 0 Å². The Morgan fingerprint density at radius 3 is 2.29 bits per heavy atom. The highest BCUT2D eigenvalue weighted by Crippen LogP contribution is 2.43. The second kappa shape index (κ2) is 12.5. The maximum Gasteiger partial charge on any atom is 0.253 e. The van der Waals surface area contributed by atoms with Crippen molar-refractivity contribution >= 4 is 5.91 Å². The average molecular weight is 555 g/mol. The lowest BCUT2D eigenvalue weighted by Crippen LogP contribution is -2.36. The number of H-pyrrole nitrogens is 1. The summed E-state index contributed by atoms with van der Waals surface area (Å²) in [5.41, 5.74) is 6.25. The standard InChI is InChI=1S/C33H38N4O4/c1-6-36(7-2)33(38)24-10-8-23(9-11-24)32-28-19-31(41-27-14-12-26(39-4)13-15-27)30(40-5)18-25(28)16-17-37(32)20-29-22(3)34-21-35-29/h8-15,18-19,21,32H,6-7,16-17,20H2,1-5H3,(H,34,35). The number of nitrogens with one attached hydrogen (secondary N) is 1. The van der Waals surface area contributed by atoms with Gasteiger partial charge in [-0.1, -0.05) is 12.1 Å². The van der Waals surface area contributed by atoms with Crippen LogP contribution in [0.1, 0.15) is 58.3 Å². The third kappa shape index (κ3) is 5.93. The molecule has 1 aromatic heterocycles. The van der Waals surface area contributed by atoms with Crippen molar-refractivity contribution in [3.8, 4) is 23.0 Å². The van der Waals surface area contributed by atoms with Crippen LogP contribution in [-0.2, 0) is 13.0 Å². The van der Waals surface area contributed by atoms with Crippen molar-refractivity contribution in [1.29, 1.82) is 0 Å². The molecular weight excluding hydrogens is 516 g/mol. The van der Waals surface area contributed by atoms with E-state index in [4.69, 9.17) is 14.2 Å². The van der Waals surface area contributed by atoms with Crippen molar-refractivity contribution in [2.75, 3.05) is 33.9 Å². The number of imidazole rings is 1. The van der Waals surface area contributed by atoms with E-state index in [-0.39, 0.29) is 11.9 Å². The number of aromatic nitrogens is 2. The lowest BCUT2D eigenvalue weighted by Gasteiger charge is -2.38. The summed E-state index contributed by atoms with van der Waals surface area (Å²) in [5.74, 6) is 2.85. The Balaban J connectivity index is 1.55. The molecule has 1 aliphatic heterocycles. The van der Waals surface area contributed by atoms with Crippen molar-refractivity contribution < 1.29 is 19.0 Å². The number of ether oxygens (including phenoxy) is 3. The van der Waals surface area contributed by atoms with E-state index in [9.17, 15) is 4.79 Å². The molecule has 41 heavy (non-hydrogen) atoms. The van der Waals surface area contributed by atoms with Crippen LogP contribution >= 0.6 is 0 Å². The van der Waals surface area contributed by atoms with Crippen LogP contribution in [0.2, 0.25) is 0 Å². The zero-order valence-electron chi connectivity index (χ0n) is 24.4. The fourth-order valence-corrected chi connectivity index (χ4v) is 5.49. The predicted octanol–water partition coefficient (Wildman–Crippen LogP) is 6.16. The number of rotatable bonds is 10. The molecule has 0 radical (unpaired) electrons. The first-order chi connectivity index (χ1) is 19.9. The second-order valence-electron chi connectivity index (χ2n) is 10.2. The van der Waals surface area contributed by atoms with Crippen molar-refractivity contribution in [1.82, 2.24) is 19.8 Å². The number of carbonyl (C=O) groups is 1. The number of aryl methyl sites for hydroxylation is 1. The zero-order valence-corrected chi connectivity index (χ0v) is 24.4. The van der Waals surface area contributed by atoms with Crippen molar-refractivity contribution in [3.05, 3.63) is 101 Å². The first-order valence-corrected chi connectivity index (χ1v) is 14.1. The number of fused-ring (bicyclic) bond motifs is 1. The maximum absolute atomic E-state index is 13.0.